The monoisotopic (exact) mass is 574 g/mol. The molecule has 3 unspecified atom stereocenters. The van der Waals surface area contributed by atoms with E-state index in [9.17, 15) is 19.5 Å². The molecule has 3 fully saturated rings. The van der Waals surface area contributed by atoms with Gasteiger partial charge in [0.2, 0.25) is 5.91 Å². The maximum absolute atomic E-state index is 14.6. The number of fused-ring (bicyclic) bond motifs is 1. The van der Waals surface area contributed by atoms with Crippen LogP contribution in [0, 0.1) is 23.7 Å². The summed E-state index contributed by atoms with van der Waals surface area (Å²) in [7, 11) is 0. The lowest BCUT2D eigenvalue weighted by molar-refractivity contribution is -0.155. The van der Waals surface area contributed by atoms with E-state index in [1.165, 1.54) is 0 Å². The summed E-state index contributed by atoms with van der Waals surface area (Å²) in [6.45, 7) is 13.7. The molecule has 1 aromatic carbocycles. The number of benzene rings is 1. The molecule has 3 aliphatic heterocycles. The standard InChI is InChI=1S/C30H39ClN2O5S/c1-6-8-9-15-38-29(37)24-23-16-19(5)30(39-23)25(24)27(35)33(22(17-34)18(3)4)26(30)28(36)32(14-7-2)21-12-10-20(31)11-13-21/h6-7,10-13,18-19,22-26,34H,1-2,8-9,14-17H2,3-5H3/t19?,22-,23+,24-,25-,26?,30?/m0/s1. The number of thioether (sulfide) groups is 1. The first-order valence-electron chi connectivity index (χ1n) is 13.7. The summed E-state index contributed by atoms with van der Waals surface area (Å²) in [6.07, 6.45) is 5.56. The minimum atomic E-state index is -0.853. The number of aliphatic hydroxyl groups is 1. The molecule has 9 heteroatoms. The fourth-order valence-electron chi connectivity index (χ4n) is 6.70. The van der Waals surface area contributed by atoms with Gasteiger partial charge >= 0.3 is 5.97 Å². The topological polar surface area (TPSA) is 87.1 Å². The van der Waals surface area contributed by atoms with Crippen LogP contribution in [-0.2, 0) is 19.1 Å². The van der Waals surface area contributed by atoms with Gasteiger partial charge in [-0.25, -0.2) is 0 Å². The van der Waals surface area contributed by atoms with Crippen molar-refractivity contribution < 1.29 is 24.2 Å². The highest BCUT2D eigenvalue weighted by molar-refractivity contribution is 8.02. The summed E-state index contributed by atoms with van der Waals surface area (Å²) < 4.78 is 4.85. The van der Waals surface area contributed by atoms with Crippen LogP contribution in [0.4, 0.5) is 5.69 Å². The second kappa shape index (κ2) is 12.1. The summed E-state index contributed by atoms with van der Waals surface area (Å²) >= 11 is 7.72. The molecule has 0 radical (unpaired) electrons. The van der Waals surface area contributed by atoms with Gasteiger partial charge < -0.3 is 19.6 Å². The summed E-state index contributed by atoms with van der Waals surface area (Å²) in [4.78, 5) is 45.7. The Labute approximate surface area is 240 Å². The molecular formula is C30H39ClN2O5S. The molecule has 3 heterocycles. The van der Waals surface area contributed by atoms with E-state index in [1.54, 1.807) is 58.0 Å². The summed E-state index contributed by atoms with van der Waals surface area (Å²) in [5.74, 6) is -2.28. The summed E-state index contributed by atoms with van der Waals surface area (Å²) in [5.41, 5.74) is 0.644. The number of hydrogen-bond donors (Lipinski definition) is 1. The number of allylic oxidation sites excluding steroid dienone is 1. The first kappa shape index (κ1) is 29.7. The second-order valence-electron chi connectivity index (χ2n) is 11.1. The molecule has 7 nitrogen and oxygen atoms in total. The van der Waals surface area contributed by atoms with Crippen molar-refractivity contribution >= 4 is 46.8 Å². The molecule has 3 aliphatic rings. The van der Waals surface area contributed by atoms with E-state index in [-0.39, 0.29) is 54.6 Å². The number of carbonyl (C=O) groups is 3. The summed E-state index contributed by atoms with van der Waals surface area (Å²) in [5, 5.41) is 10.9. The van der Waals surface area contributed by atoms with Gasteiger partial charge in [0.05, 0.1) is 35.8 Å². The van der Waals surface area contributed by atoms with Gasteiger partial charge in [-0.1, -0.05) is 44.5 Å². The van der Waals surface area contributed by atoms with Gasteiger partial charge in [0.1, 0.15) is 6.04 Å². The Hall–Kier alpha value is -2.29. The molecule has 4 rings (SSSR count). The maximum Gasteiger partial charge on any atom is 0.310 e. The lowest BCUT2D eigenvalue weighted by Crippen LogP contribution is -2.60. The number of halogens is 1. The predicted octanol–water partition coefficient (Wildman–Crippen LogP) is 4.72. The number of unbranched alkanes of at least 4 members (excludes halogenated alkanes) is 1. The number of anilines is 1. The van der Waals surface area contributed by atoms with Crippen molar-refractivity contribution in [3.05, 3.63) is 54.6 Å². The number of likely N-dealkylation sites (tertiary alicyclic amines) is 1. The van der Waals surface area contributed by atoms with Crippen LogP contribution >= 0.6 is 23.4 Å². The SMILES string of the molecule is C=CCCCOC(=O)[C@@H]1[C@H]2C(=O)N([C@@H](CO)C(C)C)C(C(=O)N(CC=C)c3ccc(Cl)cc3)C23S[C@@H]1CC3C. The first-order chi connectivity index (χ1) is 18.6. The molecule has 212 valence electrons. The van der Waals surface area contributed by atoms with Crippen molar-refractivity contribution in [2.75, 3.05) is 24.7 Å². The van der Waals surface area contributed by atoms with E-state index >= 15 is 0 Å². The van der Waals surface area contributed by atoms with Crippen LogP contribution < -0.4 is 4.90 Å². The van der Waals surface area contributed by atoms with Crippen LogP contribution in [0.3, 0.4) is 0 Å². The van der Waals surface area contributed by atoms with E-state index in [1.807, 2.05) is 13.8 Å². The Morgan fingerprint density at radius 3 is 2.56 bits per heavy atom. The van der Waals surface area contributed by atoms with Crippen LogP contribution in [0.15, 0.2) is 49.6 Å². The molecule has 2 amide bonds. The second-order valence-corrected chi connectivity index (χ2v) is 13.1. The minimum Gasteiger partial charge on any atom is -0.465 e. The van der Waals surface area contributed by atoms with Crippen LogP contribution in [0.5, 0.6) is 0 Å². The number of carbonyl (C=O) groups excluding carboxylic acids is 3. The van der Waals surface area contributed by atoms with Gasteiger partial charge in [-0.2, -0.15) is 0 Å². The fourth-order valence-corrected chi connectivity index (χ4v) is 9.22. The molecule has 1 spiro atoms. The maximum atomic E-state index is 14.6. The normalized spacial score (nSPS) is 29.8. The van der Waals surface area contributed by atoms with Crippen molar-refractivity contribution in [1.29, 1.82) is 0 Å². The smallest absolute Gasteiger partial charge is 0.310 e. The van der Waals surface area contributed by atoms with Crippen molar-refractivity contribution in [3.63, 3.8) is 0 Å². The van der Waals surface area contributed by atoms with E-state index in [4.69, 9.17) is 16.3 Å². The van der Waals surface area contributed by atoms with Crippen LogP contribution in [0.1, 0.15) is 40.0 Å². The van der Waals surface area contributed by atoms with Gasteiger partial charge in [-0.3, -0.25) is 14.4 Å². The minimum absolute atomic E-state index is 0.00696. The molecule has 1 aromatic rings. The Kier molecular flexibility index (Phi) is 9.19. The zero-order valence-corrected chi connectivity index (χ0v) is 24.5. The number of amides is 2. The van der Waals surface area contributed by atoms with Crippen molar-refractivity contribution in [1.82, 2.24) is 4.90 Å². The average Bonchev–Trinajstić information content (AvgIpc) is 3.50. The van der Waals surface area contributed by atoms with E-state index in [0.717, 1.165) is 6.42 Å². The van der Waals surface area contributed by atoms with Gasteiger partial charge in [-0.05, 0) is 55.4 Å². The first-order valence-corrected chi connectivity index (χ1v) is 15.0. The highest BCUT2D eigenvalue weighted by Gasteiger charge is 2.77. The van der Waals surface area contributed by atoms with E-state index < -0.39 is 28.7 Å². The molecular weight excluding hydrogens is 536 g/mol. The molecule has 0 saturated carbocycles. The lowest BCUT2D eigenvalue weighted by atomic mass is 9.66. The van der Waals surface area contributed by atoms with Crippen LogP contribution in [0.25, 0.3) is 0 Å². The third kappa shape index (κ3) is 5.04. The van der Waals surface area contributed by atoms with Crippen LogP contribution in [0.2, 0.25) is 5.02 Å². The Morgan fingerprint density at radius 1 is 1.28 bits per heavy atom. The van der Waals surface area contributed by atoms with Gasteiger partial charge in [0, 0.05) is 22.5 Å². The van der Waals surface area contributed by atoms with Crippen molar-refractivity contribution in [3.8, 4) is 0 Å². The van der Waals surface area contributed by atoms with Gasteiger partial charge in [0.25, 0.3) is 5.91 Å². The Morgan fingerprint density at radius 2 is 1.97 bits per heavy atom. The number of rotatable bonds is 12. The molecule has 3 saturated heterocycles. The summed E-state index contributed by atoms with van der Waals surface area (Å²) in [6, 6.07) is 5.57. The Bertz CT molecular complexity index is 1110. The third-order valence-electron chi connectivity index (χ3n) is 8.52. The average molecular weight is 575 g/mol. The lowest BCUT2D eigenvalue weighted by Gasteiger charge is -2.42. The fraction of sp³-hybridized carbons (Fsp3) is 0.567. The number of ether oxygens (including phenoxy) is 1. The molecule has 1 N–H and O–H groups in total. The quantitative estimate of drug-likeness (QED) is 0.221. The number of esters is 1. The van der Waals surface area contributed by atoms with Gasteiger partial charge in [0.15, 0.2) is 0 Å². The molecule has 7 atom stereocenters. The highest BCUT2D eigenvalue weighted by Crippen LogP contribution is 2.69. The van der Waals surface area contributed by atoms with E-state index in [2.05, 4.69) is 20.1 Å². The number of hydrogen-bond acceptors (Lipinski definition) is 6. The van der Waals surface area contributed by atoms with Crippen molar-refractivity contribution in [2.24, 2.45) is 23.7 Å². The van der Waals surface area contributed by atoms with Gasteiger partial charge in [-0.15, -0.1) is 24.9 Å². The number of nitrogens with zero attached hydrogens (tertiary/aromatic N) is 2. The highest BCUT2D eigenvalue weighted by atomic mass is 35.5. The number of aliphatic hydroxyl groups excluding tert-OH is 1. The molecule has 39 heavy (non-hydrogen) atoms. The Balaban J connectivity index is 1.79. The molecule has 2 bridgehead atoms. The third-order valence-corrected chi connectivity index (χ3v) is 10.8. The zero-order valence-electron chi connectivity index (χ0n) is 22.9. The van der Waals surface area contributed by atoms with Crippen molar-refractivity contribution in [2.45, 2.75) is 62.1 Å². The zero-order chi connectivity index (χ0) is 28.5. The predicted molar refractivity (Wildman–Crippen MR) is 156 cm³/mol. The molecule has 0 aliphatic carbocycles. The molecule has 0 aromatic heterocycles. The van der Waals surface area contributed by atoms with Crippen LogP contribution in [-0.4, -0.2) is 69.6 Å². The largest absolute Gasteiger partial charge is 0.465 e. The van der Waals surface area contributed by atoms with E-state index in [0.29, 0.717) is 23.6 Å².